The fourth-order valence-corrected chi connectivity index (χ4v) is 9.92. The zero-order valence-electron chi connectivity index (χ0n) is 23.5. The Bertz CT molecular complexity index is 1650. The molecule has 0 radical (unpaired) electrons. The van der Waals surface area contributed by atoms with Crippen molar-refractivity contribution >= 4 is 15.7 Å². The number of benzene rings is 2. The molecule has 1 amide bonds. The molecule has 9 rings (SSSR count). The Hall–Kier alpha value is -2.88. The van der Waals surface area contributed by atoms with Gasteiger partial charge in [0.05, 0.1) is 10.3 Å². The summed E-state index contributed by atoms with van der Waals surface area (Å²) >= 11 is 0. The van der Waals surface area contributed by atoms with Crippen molar-refractivity contribution in [3.05, 3.63) is 64.7 Å². The van der Waals surface area contributed by atoms with Crippen LogP contribution in [0.4, 0.5) is 0 Å². The lowest BCUT2D eigenvalue weighted by molar-refractivity contribution is -0.188. The van der Waals surface area contributed by atoms with E-state index in [-0.39, 0.29) is 34.6 Å². The number of likely N-dealkylation sites (tertiary alicyclic amines) is 1. The molecule has 9 heteroatoms. The van der Waals surface area contributed by atoms with Crippen molar-refractivity contribution in [2.24, 2.45) is 11.3 Å². The standard InChI is InChI=1S/C32H36N2O6S/c1-33(17-20-4-3-5-22(14-20)41(2,38)39)28(36)23-16-30-10-11-32(23,37)29-31(30)12-13-34(18-19-6-7-19)25(30)15-21-8-9-24(35)27(40-29)26(21)31/h3-5,8-9,14,16,19,25,29,35,37H,6-7,10-13,15,17-18H2,1-2H3/t25-,29-,30-,31+,32-/m1/s1. The van der Waals surface area contributed by atoms with Gasteiger partial charge >= 0.3 is 0 Å². The number of likely N-dealkylation sites (N-methyl/N-ethyl adjacent to an activating group) is 1. The molecular weight excluding hydrogens is 540 g/mol. The van der Waals surface area contributed by atoms with E-state index in [4.69, 9.17) is 4.74 Å². The van der Waals surface area contributed by atoms with Gasteiger partial charge in [0.2, 0.25) is 0 Å². The second-order valence-corrected chi connectivity index (χ2v) is 15.4. The van der Waals surface area contributed by atoms with Crippen molar-refractivity contribution in [1.29, 1.82) is 0 Å². The van der Waals surface area contributed by atoms with Gasteiger partial charge in [-0.1, -0.05) is 24.3 Å². The number of fused-ring (bicyclic) bond motifs is 1. The lowest BCUT2D eigenvalue weighted by Crippen LogP contribution is -2.78. The molecule has 2 N–H and O–H groups in total. The number of rotatable bonds is 6. The lowest BCUT2D eigenvalue weighted by Gasteiger charge is -2.70. The van der Waals surface area contributed by atoms with E-state index in [2.05, 4.69) is 11.0 Å². The van der Waals surface area contributed by atoms with Gasteiger partial charge in [-0.15, -0.1) is 0 Å². The first kappa shape index (κ1) is 25.8. The Morgan fingerprint density at radius 3 is 2.73 bits per heavy atom. The number of ether oxygens (including phenoxy) is 1. The maximum atomic E-state index is 14.2. The van der Waals surface area contributed by atoms with Crippen LogP contribution in [0, 0.1) is 11.3 Å². The molecule has 2 aromatic carbocycles. The molecule has 2 aliphatic heterocycles. The SMILES string of the molecule is CN(Cc1cccc(S(C)(=O)=O)c1)C(=O)C1=C[C@@]23CC[C@]1(O)[C@@H]1Oc4c(O)ccc5c4[C@@]12CCN(CC1CC1)[C@@H]3C5. The number of aliphatic hydroxyl groups is 1. The summed E-state index contributed by atoms with van der Waals surface area (Å²) in [6.07, 6.45) is 8.02. The largest absolute Gasteiger partial charge is 0.504 e. The van der Waals surface area contributed by atoms with E-state index in [1.54, 1.807) is 36.2 Å². The molecule has 8 nitrogen and oxygen atoms in total. The number of carbonyl (C=O) groups excluding carboxylic acids is 1. The molecule has 2 heterocycles. The molecule has 3 fully saturated rings. The molecule has 0 unspecified atom stereocenters. The monoisotopic (exact) mass is 576 g/mol. The Kier molecular flexibility index (Phi) is 5.12. The first-order valence-corrected chi connectivity index (χ1v) is 16.6. The highest BCUT2D eigenvalue weighted by atomic mass is 32.2. The van der Waals surface area contributed by atoms with Crippen LogP contribution in [-0.4, -0.2) is 78.5 Å². The summed E-state index contributed by atoms with van der Waals surface area (Å²) in [4.78, 5) is 18.7. The highest BCUT2D eigenvalue weighted by Gasteiger charge is 2.78. The molecular formula is C32H36N2O6S. The highest BCUT2D eigenvalue weighted by molar-refractivity contribution is 7.90. The summed E-state index contributed by atoms with van der Waals surface area (Å²) in [7, 11) is -1.68. The second-order valence-electron chi connectivity index (χ2n) is 13.4. The minimum atomic E-state index is -3.38. The van der Waals surface area contributed by atoms with E-state index >= 15 is 0 Å². The maximum absolute atomic E-state index is 14.2. The van der Waals surface area contributed by atoms with Gasteiger partial charge in [-0.05, 0) is 80.3 Å². The predicted octanol–water partition coefficient (Wildman–Crippen LogP) is 2.94. The van der Waals surface area contributed by atoms with Crippen molar-refractivity contribution in [2.75, 3.05) is 26.4 Å². The number of aromatic hydroxyl groups is 1. The molecule has 0 aromatic heterocycles. The number of amides is 1. The van der Waals surface area contributed by atoms with Gasteiger partial charge in [0.15, 0.2) is 21.3 Å². The second kappa shape index (κ2) is 8.14. The predicted molar refractivity (Wildman–Crippen MR) is 151 cm³/mol. The molecule has 2 saturated carbocycles. The maximum Gasteiger partial charge on any atom is 0.252 e. The third kappa shape index (κ3) is 3.28. The Labute approximate surface area is 240 Å². The van der Waals surface area contributed by atoms with E-state index < -0.39 is 27.0 Å². The minimum Gasteiger partial charge on any atom is -0.504 e. The van der Waals surface area contributed by atoms with Crippen molar-refractivity contribution in [2.45, 2.75) is 73.1 Å². The van der Waals surface area contributed by atoms with Crippen LogP contribution in [0.2, 0.25) is 0 Å². The van der Waals surface area contributed by atoms with Crippen LogP contribution in [-0.2, 0) is 33.0 Å². The number of hydrogen-bond donors (Lipinski definition) is 2. The van der Waals surface area contributed by atoms with Crippen LogP contribution in [0.5, 0.6) is 11.5 Å². The first-order valence-electron chi connectivity index (χ1n) is 14.7. The van der Waals surface area contributed by atoms with E-state index in [0.29, 0.717) is 23.3 Å². The molecule has 2 aromatic rings. The Morgan fingerprint density at radius 1 is 1.17 bits per heavy atom. The summed E-state index contributed by atoms with van der Waals surface area (Å²) in [6.45, 7) is 2.19. The van der Waals surface area contributed by atoms with Crippen LogP contribution in [0.15, 0.2) is 52.9 Å². The molecule has 5 atom stereocenters. The Morgan fingerprint density at radius 2 is 1.98 bits per heavy atom. The van der Waals surface area contributed by atoms with E-state index in [1.807, 2.05) is 12.1 Å². The molecule has 1 saturated heterocycles. The molecule has 2 spiro atoms. The van der Waals surface area contributed by atoms with Gasteiger partial charge in [0.1, 0.15) is 11.7 Å². The molecule has 41 heavy (non-hydrogen) atoms. The molecule has 7 aliphatic rings. The van der Waals surface area contributed by atoms with Crippen molar-refractivity contribution in [1.82, 2.24) is 9.80 Å². The molecule has 5 aliphatic carbocycles. The van der Waals surface area contributed by atoms with E-state index in [1.165, 1.54) is 24.7 Å². The van der Waals surface area contributed by atoms with Gasteiger partial charge in [0.25, 0.3) is 5.91 Å². The van der Waals surface area contributed by atoms with Gasteiger partial charge < -0.3 is 19.8 Å². The van der Waals surface area contributed by atoms with Crippen molar-refractivity contribution in [3.8, 4) is 11.5 Å². The summed E-state index contributed by atoms with van der Waals surface area (Å²) in [5, 5.41) is 23.4. The van der Waals surface area contributed by atoms with Crippen LogP contribution in [0.25, 0.3) is 0 Å². The minimum absolute atomic E-state index is 0.0975. The summed E-state index contributed by atoms with van der Waals surface area (Å²) in [5.74, 6) is 1.04. The van der Waals surface area contributed by atoms with E-state index in [0.717, 1.165) is 43.8 Å². The number of carbonyl (C=O) groups is 1. The molecule has 4 bridgehead atoms. The van der Waals surface area contributed by atoms with Crippen LogP contribution in [0.3, 0.4) is 0 Å². The fourth-order valence-electron chi connectivity index (χ4n) is 9.23. The summed E-state index contributed by atoms with van der Waals surface area (Å²) in [6, 6.07) is 10.6. The van der Waals surface area contributed by atoms with E-state index in [9.17, 15) is 23.4 Å². The highest BCUT2D eigenvalue weighted by Crippen LogP contribution is 2.74. The average molecular weight is 577 g/mol. The van der Waals surface area contributed by atoms with Gasteiger partial charge in [-0.2, -0.15) is 0 Å². The summed E-state index contributed by atoms with van der Waals surface area (Å²) < 4.78 is 30.8. The van der Waals surface area contributed by atoms with Gasteiger partial charge in [-0.25, -0.2) is 8.42 Å². The van der Waals surface area contributed by atoms with Crippen LogP contribution < -0.4 is 4.74 Å². The van der Waals surface area contributed by atoms with Crippen molar-refractivity contribution in [3.63, 3.8) is 0 Å². The third-order valence-electron chi connectivity index (χ3n) is 11.2. The number of piperidine rings is 1. The average Bonchev–Trinajstić information content (AvgIpc) is 3.67. The van der Waals surface area contributed by atoms with Crippen LogP contribution >= 0.6 is 0 Å². The topological polar surface area (TPSA) is 107 Å². The first-order chi connectivity index (χ1) is 19.5. The van der Waals surface area contributed by atoms with Gasteiger partial charge in [0, 0.05) is 49.0 Å². The fraction of sp³-hybridized carbons (Fsp3) is 0.531. The number of phenolic OH excluding ortho intramolecular Hbond substituents is 1. The molecule has 216 valence electrons. The van der Waals surface area contributed by atoms with Crippen molar-refractivity contribution < 1.29 is 28.2 Å². The third-order valence-corrected chi connectivity index (χ3v) is 12.3. The number of nitrogens with zero attached hydrogens (tertiary/aromatic N) is 2. The van der Waals surface area contributed by atoms with Gasteiger partial charge in [-0.3, -0.25) is 9.69 Å². The zero-order chi connectivity index (χ0) is 28.5. The van der Waals surface area contributed by atoms with Crippen LogP contribution in [0.1, 0.15) is 48.8 Å². The summed E-state index contributed by atoms with van der Waals surface area (Å²) in [5.41, 5.74) is 0.956. The quantitative estimate of drug-likeness (QED) is 0.545. The normalized spacial score (nSPS) is 34.6. The smallest absolute Gasteiger partial charge is 0.252 e. The zero-order valence-corrected chi connectivity index (χ0v) is 24.3. The number of hydrogen-bond acceptors (Lipinski definition) is 7. The number of sulfone groups is 1. The number of phenols is 1. The lowest BCUT2D eigenvalue weighted by atomic mass is 9.38. The Balaban J connectivity index is 1.23.